The van der Waals surface area contributed by atoms with Crippen molar-refractivity contribution in [3.8, 4) is 0 Å². The summed E-state index contributed by atoms with van der Waals surface area (Å²) in [5.41, 5.74) is 0. The molecule has 0 aromatic rings. The summed E-state index contributed by atoms with van der Waals surface area (Å²) in [4.78, 5) is 0.794. The maximum Gasteiger partial charge on any atom is 0.430 e. The Hall–Kier alpha value is -0.780. The highest BCUT2D eigenvalue weighted by Gasteiger charge is 2.75. The Kier molecular flexibility index (Phi) is 7.60. The molecular weight excluding hydrogens is 376 g/mol. The van der Waals surface area contributed by atoms with Crippen molar-refractivity contribution in [3.05, 3.63) is 0 Å². The molecule has 0 aromatic carbocycles. The van der Waals surface area contributed by atoms with Gasteiger partial charge in [0.1, 0.15) is 0 Å². The van der Waals surface area contributed by atoms with Crippen LogP contribution in [0.5, 0.6) is 0 Å². The first-order chi connectivity index (χ1) is 10.9. The highest BCUT2D eigenvalue weighted by Crippen LogP contribution is 2.50. The van der Waals surface area contributed by atoms with Gasteiger partial charge in [0.2, 0.25) is 0 Å². The second-order valence-corrected chi connectivity index (χ2v) is 5.58. The average Bonchev–Trinajstić information content (AvgIpc) is 2.35. The molecule has 0 aliphatic rings. The minimum Gasteiger partial charge on any atom is -0.297 e. The van der Waals surface area contributed by atoms with E-state index in [0.29, 0.717) is 0 Å². The molecule has 0 N–H and O–H groups in total. The second-order valence-electron chi connectivity index (χ2n) is 5.58. The Bertz CT molecular complexity index is 416. The normalized spacial score (nSPS) is 15.1. The van der Waals surface area contributed by atoms with Crippen LogP contribution in [0.25, 0.3) is 0 Å². The lowest BCUT2D eigenvalue weighted by atomic mass is 10.2. The largest absolute Gasteiger partial charge is 0.430 e. The fraction of sp³-hybridized carbons (Fsp3) is 1.00. The molecule has 0 radical (unpaired) electrons. The molecule has 0 unspecified atom stereocenters. The number of halogens is 10. The summed E-state index contributed by atoms with van der Waals surface area (Å²) < 4.78 is 133. The first kappa shape index (κ1) is 24.2. The number of hydrogen-bond acceptors (Lipinski definition) is 2. The van der Waals surface area contributed by atoms with E-state index in [0.717, 1.165) is 4.90 Å². The molecule has 2 nitrogen and oxygen atoms in total. The molecule has 0 heterocycles. The molecule has 0 bridgehead atoms. The number of nitrogens with zero attached hydrogens (tertiary/aromatic N) is 1. The third-order valence-corrected chi connectivity index (χ3v) is 3.10. The molecule has 0 aliphatic carbocycles. The highest BCUT2D eigenvalue weighted by molar-refractivity contribution is 4.91. The van der Waals surface area contributed by atoms with Crippen LogP contribution in [-0.4, -0.2) is 54.5 Å². The van der Waals surface area contributed by atoms with Gasteiger partial charge in [-0.3, -0.25) is 4.90 Å². The molecular formula is C13H19F10NO. The maximum absolute atomic E-state index is 13.6. The van der Waals surface area contributed by atoms with Gasteiger partial charge in [0.15, 0.2) is 0 Å². The van der Waals surface area contributed by atoms with Crippen LogP contribution in [0.15, 0.2) is 0 Å². The van der Waals surface area contributed by atoms with Gasteiger partial charge in [0, 0.05) is 6.92 Å². The monoisotopic (exact) mass is 395 g/mol. The van der Waals surface area contributed by atoms with Gasteiger partial charge in [-0.15, -0.1) is 0 Å². The number of rotatable bonds is 11. The topological polar surface area (TPSA) is 12.5 Å². The number of alkyl halides is 10. The van der Waals surface area contributed by atoms with E-state index in [4.69, 9.17) is 0 Å². The summed E-state index contributed by atoms with van der Waals surface area (Å²) in [7, 11) is 0. The van der Waals surface area contributed by atoms with Gasteiger partial charge in [-0.05, 0) is 25.9 Å². The van der Waals surface area contributed by atoms with E-state index in [2.05, 4.69) is 4.74 Å². The van der Waals surface area contributed by atoms with E-state index in [1.165, 1.54) is 13.8 Å². The lowest BCUT2D eigenvalue weighted by Gasteiger charge is -2.36. The predicted molar refractivity (Wildman–Crippen MR) is 68.5 cm³/mol. The zero-order valence-electron chi connectivity index (χ0n) is 13.7. The van der Waals surface area contributed by atoms with Crippen molar-refractivity contribution >= 4 is 0 Å². The Labute approximate surface area is 138 Å². The predicted octanol–water partition coefficient (Wildman–Crippen LogP) is 5.24. The van der Waals surface area contributed by atoms with Crippen molar-refractivity contribution in [1.29, 1.82) is 0 Å². The van der Waals surface area contributed by atoms with Gasteiger partial charge in [0.25, 0.3) is 0 Å². The standard InChI is InChI=1S/C13H19F10NO/c1-4-6-24(7-5-2)8-10(16,17)12(20,21)25-13(22,23)11(18,19)9(3,14)15/h4-8H2,1-3H3. The molecule has 25 heavy (non-hydrogen) atoms. The smallest absolute Gasteiger partial charge is 0.297 e. The SMILES string of the molecule is CCCN(CCC)CC(F)(F)C(F)(F)OC(F)(F)C(F)(F)C(C)(F)F. The zero-order valence-corrected chi connectivity index (χ0v) is 13.7. The molecule has 0 amide bonds. The van der Waals surface area contributed by atoms with E-state index in [1.54, 1.807) is 0 Å². The fourth-order valence-electron chi connectivity index (χ4n) is 1.83. The van der Waals surface area contributed by atoms with Crippen molar-refractivity contribution in [1.82, 2.24) is 4.90 Å². The Balaban J connectivity index is 5.45. The van der Waals surface area contributed by atoms with Gasteiger partial charge < -0.3 is 0 Å². The molecule has 0 saturated carbocycles. The first-order valence-electron chi connectivity index (χ1n) is 7.26. The van der Waals surface area contributed by atoms with E-state index in [-0.39, 0.29) is 25.9 Å². The summed E-state index contributed by atoms with van der Waals surface area (Å²) in [5.74, 6) is -17.2. The Morgan fingerprint density at radius 1 is 0.720 bits per heavy atom. The van der Waals surface area contributed by atoms with E-state index < -0.39 is 43.5 Å². The fourth-order valence-corrected chi connectivity index (χ4v) is 1.83. The van der Waals surface area contributed by atoms with E-state index in [1.807, 2.05) is 0 Å². The molecule has 0 fully saturated rings. The van der Waals surface area contributed by atoms with Gasteiger partial charge >= 0.3 is 30.0 Å². The molecule has 0 atom stereocenters. The summed E-state index contributed by atoms with van der Waals surface area (Å²) in [6.07, 6.45) is -12.1. The number of ether oxygens (including phenoxy) is 1. The summed E-state index contributed by atoms with van der Waals surface area (Å²) in [6, 6.07) is 0. The Morgan fingerprint density at radius 3 is 1.44 bits per heavy atom. The van der Waals surface area contributed by atoms with Crippen molar-refractivity contribution in [2.75, 3.05) is 19.6 Å². The van der Waals surface area contributed by atoms with E-state index in [9.17, 15) is 43.9 Å². The third kappa shape index (κ3) is 5.60. The maximum atomic E-state index is 13.6. The van der Waals surface area contributed by atoms with Crippen LogP contribution < -0.4 is 0 Å². The van der Waals surface area contributed by atoms with E-state index >= 15 is 0 Å². The van der Waals surface area contributed by atoms with Gasteiger partial charge in [-0.2, -0.15) is 43.9 Å². The minimum atomic E-state index is -6.53. The zero-order chi connectivity index (χ0) is 20.3. The molecule has 0 saturated heterocycles. The molecule has 152 valence electrons. The van der Waals surface area contributed by atoms with Crippen LogP contribution >= 0.6 is 0 Å². The van der Waals surface area contributed by atoms with Gasteiger partial charge in [-0.25, -0.2) is 4.74 Å². The van der Waals surface area contributed by atoms with Gasteiger partial charge in [0.05, 0.1) is 6.54 Å². The highest BCUT2D eigenvalue weighted by atomic mass is 19.4. The quantitative estimate of drug-likeness (QED) is 0.444. The van der Waals surface area contributed by atoms with Crippen molar-refractivity contribution in [3.63, 3.8) is 0 Å². The third-order valence-electron chi connectivity index (χ3n) is 3.10. The first-order valence-corrected chi connectivity index (χ1v) is 7.26. The van der Waals surface area contributed by atoms with Gasteiger partial charge in [-0.1, -0.05) is 13.8 Å². The minimum absolute atomic E-state index is 0.0981. The second kappa shape index (κ2) is 7.85. The molecule has 0 rings (SSSR count). The van der Waals surface area contributed by atoms with Crippen molar-refractivity contribution in [2.24, 2.45) is 0 Å². The molecule has 0 spiro atoms. The molecule has 0 aliphatic heterocycles. The summed E-state index contributed by atoms with van der Waals surface area (Å²) in [6.45, 7) is 0.426. The molecule has 0 aromatic heterocycles. The van der Waals surface area contributed by atoms with Crippen LogP contribution in [-0.2, 0) is 4.74 Å². The van der Waals surface area contributed by atoms with Crippen LogP contribution in [0.2, 0.25) is 0 Å². The number of hydrogen-bond donors (Lipinski definition) is 0. The summed E-state index contributed by atoms with van der Waals surface area (Å²) in [5, 5.41) is 0. The van der Waals surface area contributed by atoms with Crippen LogP contribution in [0.1, 0.15) is 33.6 Å². The average molecular weight is 395 g/mol. The molecule has 12 heteroatoms. The lowest BCUT2D eigenvalue weighted by Crippen LogP contribution is -2.60. The van der Waals surface area contributed by atoms with Crippen molar-refractivity contribution in [2.45, 2.75) is 63.6 Å². The van der Waals surface area contributed by atoms with Crippen LogP contribution in [0.4, 0.5) is 43.9 Å². The van der Waals surface area contributed by atoms with Crippen LogP contribution in [0, 0.1) is 0 Å². The lowest BCUT2D eigenvalue weighted by molar-refractivity contribution is -0.484. The van der Waals surface area contributed by atoms with Crippen molar-refractivity contribution < 1.29 is 48.6 Å². The Morgan fingerprint density at radius 2 is 1.12 bits per heavy atom. The van der Waals surface area contributed by atoms with Crippen LogP contribution in [0.3, 0.4) is 0 Å². The summed E-state index contributed by atoms with van der Waals surface area (Å²) >= 11 is 0.